The number of aromatic nitrogens is 2. The number of aliphatic imine (C=N–C) groups is 1. The molecule has 1 aliphatic rings. The van der Waals surface area contributed by atoms with Gasteiger partial charge < -0.3 is 10.6 Å². The molecule has 0 bridgehead atoms. The maximum atomic E-state index is 6.17. The first kappa shape index (κ1) is 17.9. The van der Waals surface area contributed by atoms with Crippen LogP contribution in [0.2, 0.25) is 5.02 Å². The van der Waals surface area contributed by atoms with E-state index in [9.17, 15) is 0 Å². The number of amidine groups is 1. The van der Waals surface area contributed by atoms with Gasteiger partial charge in [-0.2, -0.15) is 4.98 Å². The molecule has 2 N–H and O–H groups in total. The van der Waals surface area contributed by atoms with E-state index in [4.69, 9.17) is 11.6 Å². The van der Waals surface area contributed by atoms with Crippen molar-refractivity contribution in [2.75, 3.05) is 17.7 Å². The van der Waals surface area contributed by atoms with Crippen LogP contribution < -0.4 is 10.6 Å². The van der Waals surface area contributed by atoms with Crippen LogP contribution >= 0.6 is 27.5 Å². The Kier molecular flexibility index (Phi) is 5.71. The summed E-state index contributed by atoms with van der Waals surface area (Å²) in [6, 6.07) is 7.47. The smallest absolute Gasteiger partial charge is 0.229 e. The Morgan fingerprint density at radius 2 is 2.12 bits per heavy atom. The summed E-state index contributed by atoms with van der Waals surface area (Å²) >= 11 is 9.65. The van der Waals surface area contributed by atoms with Crippen LogP contribution in [-0.4, -0.2) is 22.9 Å². The summed E-state index contributed by atoms with van der Waals surface area (Å²) in [6.07, 6.45) is 6.30. The lowest BCUT2D eigenvalue weighted by Crippen LogP contribution is -2.13. The van der Waals surface area contributed by atoms with Gasteiger partial charge >= 0.3 is 0 Å². The average molecular weight is 421 g/mol. The van der Waals surface area contributed by atoms with Crippen LogP contribution in [0.15, 0.2) is 51.6 Å². The molecule has 3 rings (SSSR count). The van der Waals surface area contributed by atoms with Gasteiger partial charge in [0.25, 0.3) is 0 Å². The molecule has 0 spiro atoms. The van der Waals surface area contributed by atoms with E-state index in [1.165, 1.54) is 18.4 Å². The van der Waals surface area contributed by atoms with Crippen molar-refractivity contribution >= 4 is 50.8 Å². The van der Waals surface area contributed by atoms with Crippen molar-refractivity contribution in [3.63, 3.8) is 0 Å². The first-order chi connectivity index (χ1) is 12.1. The molecule has 0 saturated heterocycles. The first-order valence-electron chi connectivity index (χ1n) is 8.03. The Labute approximate surface area is 160 Å². The number of anilines is 3. The normalized spacial score (nSPS) is 15.2. The topological polar surface area (TPSA) is 62.2 Å². The van der Waals surface area contributed by atoms with Gasteiger partial charge in [-0.25, -0.2) is 4.98 Å². The fraction of sp³-hybridized carbons (Fsp3) is 0.278. The number of allylic oxidation sites excluding steroid dienone is 1. The van der Waals surface area contributed by atoms with Crippen molar-refractivity contribution in [2.24, 2.45) is 10.9 Å². The number of benzene rings is 1. The summed E-state index contributed by atoms with van der Waals surface area (Å²) in [5.74, 6) is 2.57. The first-order valence-corrected chi connectivity index (χ1v) is 9.20. The molecule has 1 aromatic heterocycles. The quantitative estimate of drug-likeness (QED) is 0.500. The lowest BCUT2D eigenvalue weighted by molar-refractivity contribution is 1.01. The summed E-state index contributed by atoms with van der Waals surface area (Å²) in [5, 5.41) is 7.00. The van der Waals surface area contributed by atoms with Crippen LogP contribution in [0, 0.1) is 5.92 Å². The third-order valence-corrected chi connectivity index (χ3v) is 4.85. The summed E-state index contributed by atoms with van der Waals surface area (Å²) in [7, 11) is 1.76. The van der Waals surface area contributed by atoms with Gasteiger partial charge in [-0.1, -0.05) is 29.3 Å². The molecule has 1 aliphatic carbocycles. The molecule has 0 amide bonds. The lowest BCUT2D eigenvalue weighted by atomic mass is 10.2. The Morgan fingerprint density at radius 3 is 2.80 bits per heavy atom. The molecule has 1 saturated carbocycles. The second kappa shape index (κ2) is 7.97. The SMILES string of the molecule is CN=C(/C=C(\C)C1CC1)Nc1nc(Nc2ccccc2Cl)ncc1Br. The Bertz CT molecular complexity index is 830. The van der Waals surface area contributed by atoms with E-state index < -0.39 is 0 Å². The minimum absolute atomic E-state index is 0.456. The maximum absolute atomic E-state index is 6.17. The lowest BCUT2D eigenvalue weighted by Gasteiger charge is -2.11. The van der Waals surface area contributed by atoms with Gasteiger partial charge in [0, 0.05) is 13.2 Å². The zero-order valence-corrected chi connectivity index (χ0v) is 16.4. The fourth-order valence-corrected chi connectivity index (χ4v) is 2.82. The van der Waals surface area contributed by atoms with Crippen LogP contribution in [0.25, 0.3) is 0 Å². The van der Waals surface area contributed by atoms with Crippen LogP contribution in [-0.2, 0) is 0 Å². The molecule has 2 aromatic rings. The fourth-order valence-electron chi connectivity index (χ4n) is 2.35. The zero-order chi connectivity index (χ0) is 17.8. The number of rotatable bonds is 5. The minimum Gasteiger partial charge on any atom is -0.324 e. The molecule has 0 radical (unpaired) electrons. The van der Waals surface area contributed by atoms with Crippen LogP contribution in [0.3, 0.4) is 0 Å². The predicted octanol–water partition coefficient (Wildman–Crippen LogP) is 5.43. The van der Waals surface area contributed by atoms with E-state index in [0.29, 0.717) is 22.7 Å². The third-order valence-electron chi connectivity index (χ3n) is 3.94. The standard InChI is InChI=1S/C18H19BrClN5/c1-11(12-7-8-12)9-16(21-2)24-17-13(19)10-22-18(25-17)23-15-6-4-3-5-14(15)20/h3-6,9-10,12H,7-8H2,1-2H3,(H2,21,22,23,24,25)/b11-9+. The Morgan fingerprint density at radius 1 is 1.36 bits per heavy atom. The highest BCUT2D eigenvalue weighted by molar-refractivity contribution is 9.10. The summed E-state index contributed by atoms with van der Waals surface area (Å²) in [4.78, 5) is 13.1. The molecule has 25 heavy (non-hydrogen) atoms. The van der Waals surface area contributed by atoms with E-state index in [2.05, 4.69) is 54.5 Å². The third kappa shape index (κ3) is 4.80. The number of nitrogens with zero attached hydrogens (tertiary/aromatic N) is 3. The zero-order valence-electron chi connectivity index (χ0n) is 14.1. The number of para-hydroxylation sites is 1. The van der Waals surface area contributed by atoms with E-state index in [1.807, 2.05) is 24.3 Å². The highest BCUT2D eigenvalue weighted by atomic mass is 79.9. The second-order valence-electron chi connectivity index (χ2n) is 5.89. The van der Waals surface area contributed by atoms with Gasteiger partial charge in [-0.05, 0) is 59.8 Å². The van der Waals surface area contributed by atoms with Crippen LogP contribution in [0.4, 0.5) is 17.5 Å². The van der Waals surface area contributed by atoms with E-state index in [-0.39, 0.29) is 0 Å². The molecule has 7 heteroatoms. The Balaban J connectivity index is 1.79. The number of nitrogens with one attached hydrogen (secondary N) is 2. The Hall–Kier alpha value is -1.92. The largest absolute Gasteiger partial charge is 0.324 e. The molecule has 1 fully saturated rings. The van der Waals surface area contributed by atoms with Gasteiger partial charge in [0.1, 0.15) is 5.84 Å². The molecule has 0 unspecified atom stereocenters. The van der Waals surface area contributed by atoms with Gasteiger partial charge in [-0.15, -0.1) is 0 Å². The molecular formula is C18H19BrClN5. The number of halogens is 2. The van der Waals surface area contributed by atoms with Crippen molar-refractivity contribution in [2.45, 2.75) is 19.8 Å². The second-order valence-corrected chi connectivity index (χ2v) is 7.15. The predicted molar refractivity (Wildman–Crippen MR) is 108 cm³/mol. The van der Waals surface area contributed by atoms with Gasteiger partial charge in [0.05, 0.1) is 15.2 Å². The average Bonchev–Trinajstić information content (AvgIpc) is 3.44. The molecule has 0 aliphatic heterocycles. The molecule has 1 aromatic carbocycles. The van der Waals surface area contributed by atoms with Crippen LogP contribution in [0.1, 0.15) is 19.8 Å². The van der Waals surface area contributed by atoms with Gasteiger partial charge in [-0.3, -0.25) is 4.99 Å². The molecule has 0 atom stereocenters. The van der Waals surface area contributed by atoms with E-state index in [0.717, 1.165) is 16.0 Å². The van der Waals surface area contributed by atoms with Gasteiger partial charge in [0.2, 0.25) is 5.95 Å². The number of hydrogen-bond acceptors (Lipinski definition) is 4. The molecular weight excluding hydrogens is 402 g/mol. The minimum atomic E-state index is 0.456. The highest BCUT2D eigenvalue weighted by Gasteiger charge is 2.23. The summed E-state index contributed by atoms with van der Waals surface area (Å²) in [5.41, 5.74) is 2.10. The molecule has 1 heterocycles. The van der Waals surface area contributed by atoms with E-state index in [1.54, 1.807) is 13.2 Å². The summed E-state index contributed by atoms with van der Waals surface area (Å²) < 4.78 is 0.760. The van der Waals surface area contributed by atoms with Crippen LogP contribution in [0.5, 0.6) is 0 Å². The summed E-state index contributed by atoms with van der Waals surface area (Å²) in [6.45, 7) is 2.14. The highest BCUT2D eigenvalue weighted by Crippen LogP contribution is 2.36. The van der Waals surface area contributed by atoms with Crippen molar-refractivity contribution in [3.05, 3.63) is 51.6 Å². The van der Waals surface area contributed by atoms with Crippen molar-refractivity contribution in [1.29, 1.82) is 0 Å². The van der Waals surface area contributed by atoms with Gasteiger partial charge in [0.15, 0.2) is 5.82 Å². The van der Waals surface area contributed by atoms with Crippen molar-refractivity contribution in [3.8, 4) is 0 Å². The van der Waals surface area contributed by atoms with Crippen molar-refractivity contribution < 1.29 is 0 Å². The number of hydrogen-bond donors (Lipinski definition) is 2. The van der Waals surface area contributed by atoms with Crippen molar-refractivity contribution in [1.82, 2.24) is 9.97 Å². The monoisotopic (exact) mass is 419 g/mol. The molecule has 130 valence electrons. The maximum Gasteiger partial charge on any atom is 0.229 e. The van der Waals surface area contributed by atoms with E-state index >= 15 is 0 Å². The molecule has 5 nitrogen and oxygen atoms in total.